The number of hydrogen-bond acceptors (Lipinski definition) is 4. The van der Waals surface area contributed by atoms with Gasteiger partial charge in [-0.05, 0) is 26.0 Å². The highest BCUT2D eigenvalue weighted by molar-refractivity contribution is 5.83. The summed E-state index contributed by atoms with van der Waals surface area (Å²) in [5.74, 6) is -0.454. The minimum atomic E-state index is -0.844. The molecule has 6 heteroatoms. The Balaban J connectivity index is 2.27. The van der Waals surface area contributed by atoms with Gasteiger partial charge in [-0.3, -0.25) is 19.3 Å². The summed E-state index contributed by atoms with van der Waals surface area (Å²) in [4.78, 5) is 27.4. The Labute approximate surface area is 110 Å². The maximum Gasteiger partial charge on any atom is 0.258 e. The molecular formula is C13H16N4O2. The fourth-order valence-electron chi connectivity index (χ4n) is 1.59. The van der Waals surface area contributed by atoms with E-state index in [-0.39, 0.29) is 5.56 Å². The Kier molecular flexibility index (Phi) is 3.35. The van der Waals surface area contributed by atoms with Crippen LogP contribution in [0.5, 0.6) is 0 Å². The quantitative estimate of drug-likeness (QED) is 0.812. The maximum atomic E-state index is 11.9. The molecule has 1 amide bonds. The number of carbonyl (C=O) groups is 1. The van der Waals surface area contributed by atoms with Crippen LogP contribution < -0.4 is 16.6 Å². The van der Waals surface area contributed by atoms with Crippen LogP contribution in [0, 0.1) is 0 Å². The number of pyridine rings is 1. The number of nitrogens with two attached hydrogens (primary N) is 1. The molecule has 0 spiro atoms. The molecule has 0 saturated carbocycles. The molecule has 0 atom stereocenters. The second-order valence-corrected chi connectivity index (χ2v) is 4.86. The third-order valence-corrected chi connectivity index (χ3v) is 2.95. The molecule has 0 aromatic carbocycles. The van der Waals surface area contributed by atoms with E-state index in [2.05, 4.69) is 10.3 Å². The van der Waals surface area contributed by atoms with E-state index in [1.165, 1.54) is 10.5 Å². The third kappa shape index (κ3) is 2.79. The van der Waals surface area contributed by atoms with Gasteiger partial charge in [0.05, 0.1) is 11.2 Å². The summed E-state index contributed by atoms with van der Waals surface area (Å²) in [6.45, 7) is 3.67. The first-order valence-electron chi connectivity index (χ1n) is 5.92. The normalized spacial score (nSPS) is 11.7. The number of fused-ring (bicyclic) bond motifs is 1. The molecule has 0 aliphatic rings. The topological polar surface area (TPSA) is 89.5 Å². The van der Waals surface area contributed by atoms with Crippen LogP contribution in [0.3, 0.4) is 0 Å². The first-order valence-corrected chi connectivity index (χ1v) is 5.92. The Bertz CT molecular complexity index is 676. The first kappa shape index (κ1) is 13.2. The highest BCUT2D eigenvalue weighted by Gasteiger charge is 2.23. The zero-order valence-electron chi connectivity index (χ0n) is 10.9. The number of nitrogens with one attached hydrogen (secondary N) is 1. The van der Waals surface area contributed by atoms with Gasteiger partial charge in [-0.15, -0.1) is 0 Å². The number of primary amides is 1. The number of aromatic nitrogens is 2. The van der Waals surface area contributed by atoms with E-state index in [9.17, 15) is 9.59 Å². The van der Waals surface area contributed by atoms with Crippen molar-refractivity contribution in [3.8, 4) is 0 Å². The number of nitrogens with zero attached hydrogens (tertiary/aromatic N) is 2. The molecule has 6 nitrogen and oxygen atoms in total. The highest BCUT2D eigenvalue weighted by Crippen LogP contribution is 2.03. The second kappa shape index (κ2) is 4.81. The van der Waals surface area contributed by atoms with Crippen molar-refractivity contribution >= 4 is 11.6 Å². The molecule has 0 aliphatic heterocycles. The second-order valence-electron chi connectivity index (χ2n) is 4.86. The van der Waals surface area contributed by atoms with Gasteiger partial charge < -0.3 is 5.73 Å². The zero-order chi connectivity index (χ0) is 14.0. The monoisotopic (exact) mass is 260 g/mol. The molecule has 100 valence electrons. The molecule has 0 aliphatic carbocycles. The van der Waals surface area contributed by atoms with Crippen LogP contribution in [0.1, 0.15) is 19.5 Å². The first-order chi connectivity index (χ1) is 8.90. The average Bonchev–Trinajstić information content (AvgIpc) is 2.36. The minimum Gasteiger partial charge on any atom is -0.368 e. The third-order valence-electron chi connectivity index (χ3n) is 2.95. The fourth-order valence-corrected chi connectivity index (χ4v) is 1.59. The van der Waals surface area contributed by atoms with E-state index in [0.29, 0.717) is 17.9 Å². The van der Waals surface area contributed by atoms with Crippen molar-refractivity contribution < 1.29 is 4.79 Å². The molecule has 2 aromatic rings. The summed E-state index contributed by atoms with van der Waals surface area (Å²) >= 11 is 0. The molecule has 0 bridgehead atoms. The molecular weight excluding hydrogens is 244 g/mol. The fraction of sp³-hybridized carbons (Fsp3) is 0.308. The van der Waals surface area contributed by atoms with Crippen LogP contribution in [-0.2, 0) is 11.3 Å². The predicted molar refractivity (Wildman–Crippen MR) is 71.6 cm³/mol. The van der Waals surface area contributed by atoms with Gasteiger partial charge >= 0.3 is 0 Å². The highest BCUT2D eigenvalue weighted by atomic mass is 16.1. The maximum absolute atomic E-state index is 11.9. The van der Waals surface area contributed by atoms with Gasteiger partial charge in [0.1, 0.15) is 5.65 Å². The summed E-state index contributed by atoms with van der Waals surface area (Å²) in [6, 6.07) is 6.78. The van der Waals surface area contributed by atoms with Crippen LogP contribution in [0.25, 0.3) is 5.65 Å². The van der Waals surface area contributed by atoms with E-state index in [1.54, 1.807) is 32.2 Å². The summed E-state index contributed by atoms with van der Waals surface area (Å²) < 4.78 is 1.46. The molecule has 2 rings (SSSR count). The van der Waals surface area contributed by atoms with Crippen molar-refractivity contribution in [1.82, 2.24) is 14.7 Å². The summed E-state index contributed by atoms with van der Waals surface area (Å²) in [5, 5.41) is 2.98. The summed E-state index contributed by atoms with van der Waals surface area (Å²) in [5.41, 5.74) is 5.42. The van der Waals surface area contributed by atoms with Crippen LogP contribution in [0.2, 0.25) is 0 Å². The molecule has 0 saturated heterocycles. The molecule has 0 fully saturated rings. The van der Waals surface area contributed by atoms with Crippen molar-refractivity contribution in [2.24, 2.45) is 5.73 Å². The molecule has 2 heterocycles. The molecule has 0 unspecified atom stereocenters. The average molecular weight is 260 g/mol. The minimum absolute atomic E-state index is 0.153. The number of amides is 1. The predicted octanol–water partition coefficient (Wildman–Crippen LogP) is 0.0480. The van der Waals surface area contributed by atoms with E-state index in [4.69, 9.17) is 5.73 Å². The number of hydrogen-bond donors (Lipinski definition) is 2. The summed E-state index contributed by atoms with van der Waals surface area (Å²) in [7, 11) is 0. The van der Waals surface area contributed by atoms with Gasteiger partial charge in [-0.1, -0.05) is 6.07 Å². The standard InChI is InChI=1S/C13H16N4O2/c1-13(2,12(14)19)15-8-9-7-11(18)17-6-4-3-5-10(17)16-9/h3-7,15H,8H2,1-2H3,(H2,14,19). The van der Waals surface area contributed by atoms with Crippen LogP contribution in [0.4, 0.5) is 0 Å². The van der Waals surface area contributed by atoms with E-state index >= 15 is 0 Å². The number of carbonyl (C=O) groups excluding carboxylic acids is 1. The van der Waals surface area contributed by atoms with Gasteiger partial charge in [-0.25, -0.2) is 4.98 Å². The van der Waals surface area contributed by atoms with Crippen molar-refractivity contribution in [2.75, 3.05) is 0 Å². The molecule has 0 radical (unpaired) electrons. The van der Waals surface area contributed by atoms with Crippen molar-refractivity contribution in [3.05, 3.63) is 46.5 Å². The van der Waals surface area contributed by atoms with Gasteiger partial charge in [0, 0.05) is 18.8 Å². The van der Waals surface area contributed by atoms with Crippen molar-refractivity contribution in [1.29, 1.82) is 0 Å². The SMILES string of the molecule is CC(C)(NCc1cc(=O)n2ccccc2n1)C(N)=O. The van der Waals surface area contributed by atoms with Crippen LogP contribution in [0.15, 0.2) is 35.3 Å². The van der Waals surface area contributed by atoms with Crippen LogP contribution in [-0.4, -0.2) is 20.8 Å². The van der Waals surface area contributed by atoms with Gasteiger partial charge in [0.25, 0.3) is 5.56 Å². The summed E-state index contributed by atoms with van der Waals surface area (Å²) in [6.07, 6.45) is 1.66. The van der Waals surface area contributed by atoms with E-state index in [1.807, 2.05) is 6.07 Å². The molecule has 3 N–H and O–H groups in total. The lowest BCUT2D eigenvalue weighted by molar-refractivity contribution is -0.123. The molecule has 19 heavy (non-hydrogen) atoms. The zero-order valence-corrected chi connectivity index (χ0v) is 10.9. The van der Waals surface area contributed by atoms with E-state index < -0.39 is 11.4 Å². The smallest absolute Gasteiger partial charge is 0.258 e. The Morgan fingerprint density at radius 1 is 1.47 bits per heavy atom. The van der Waals surface area contributed by atoms with E-state index in [0.717, 1.165) is 0 Å². The lowest BCUT2D eigenvalue weighted by atomic mass is 10.1. The lowest BCUT2D eigenvalue weighted by Gasteiger charge is -2.21. The number of rotatable bonds is 4. The molecule has 2 aromatic heterocycles. The Hall–Kier alpha value is -2.21. The van der Waals surface area contributed by atoms with Gasteiger partial charge in [0.2, 0.25) is 5.91 Å². The lowest BCUT2D eigenvalue weighted by Crippen LogP contribution is -2.50. The Morgan fingerprint density at radius 2 is 2.21 bits per heavy atom. The van der Waals surface area contributed by atoms with Gasteiger partial charge in [0.15, 0.2) is 0 Å². The van der Waals surface area contributed by atoms with Crippen molar-refractivity contribution in [3.63, 3.8) is 0 Å². The van der Waals surface area contributed by atoms with Crippen molar-refractivity contribution in [2.45, 2.75) is 25.9 Å². The van der Waals surface area contributed by atoms with Gasteiger partial charge in [-0.2, -0.15) is 0 Å². The Morgan fingerprint density at radius 3 is 2.89 bits per heavy atom. The largest absolute Gasteiger partial charge is 0.368 e. The van der Waals surface area contributed by atoms with Crippen LogP contribution >= 0.6 is 0 Å².